The van der Waals surface area contributed by atoms with Crippen molar-refractivity contribution in [3.8, 4) is 0 Å². The van der Waals surface area contributed by atoms with Gasteiger partial charge in [0, 0.05) is 32.7 Å². The standard InChI is InChI=1S/C10H21NO4S/c1-10(12,4-5-15-2)8-11-9-3-6-16(13,14)7-9/h9,11-12H,3-8H2,1-2H3. The molecule has 1 rings (SSSR count). The molecule has 1 heterocycles. The van der Waals surface area contributed by atoms with Crippen LogP contribution in [-0.4, -0.2) is 56.9 Å². The van der Waals surface area contributed by atoms with Crippen molar-refractivity contribution in [1.82, 2.24) is 5.32 Å². The number of hydrogen-bond acceptors (Lipinski definition) is 5. The molecular weight excluding hydrogens is 230 g/mol. The highest BCUT2D eigenvalue weighted by atomic mass is 32.2. The Morgan fingerprint density at radius 2 is 2.25 bits per heavy atom. The molecule has 0 aliphatic carbocycles. The van der Waals surface area contributed by atoms with Gasteiger partial charge in [0.15, 0.2) is 9.84 Å². The van der Waals surface area contributed by atoms with Crippen LogP contribution in [-0.2, 0) is 14.6 Å². The third-order valence-electron chi connectivity index (χ3n) is 2.85. The quantitative estimate of drug-likeness (QED) is 0.669. The Morgan fingerprint density at radius 1 is 1.56 bits per heavy atom. The lowest BCUT2D eigenvalue weighted by Gasteiger charge is -2.25. The van der Waals surface area contributed by atoms with Crippen LogP contribution in [0.3, 0.4) is 0 Å². The van der Waals surface area contributed by atoms with Crippen LogP contribution in [0.15, 0.2) is 0 Å². The summed E-state index contributed by atoms with van der Waals surface area (Å²) in [7, 11) is -1.26. The summed E-state index contributed by atoms with van der Waals surface area (Å²) in [5.74, 6) is 0.443. The zero-order valence-corrected chi connectivity index (χ0v) is 10.7. The number of aliphatic hydroxyl groups is 1. The Bertz CT molecular complexity index is 313. The van der Waals surface area contributed by atoms with Gasteiger partial charge in [0.25, 0.3) is 0 Å². The first-order valence-electron chi connectivity index (χ1n) is 5.50. The summed E-state index contributed by atoms with van der Waals surface area (Å²) in [4.78, 5) is 0. The Balaban J connectivity index is 2.29. The Morgan fingerprint density at radius 3 is 2.75 bits per heavy atom. The van der Waals surface area contributed by atoms with E-state index in [-0.39, 0.29) is 17.5 Å². The van der Waals surface area contributed by atoms with Crippen LogP contribution < -0.4 is 5.32 Å². The third kappa shape index (κ3) is 4.78. The molecule has 1 aliphatic rings. The molecule has 96 valence electrons. The van der Waals surface area contributed by atoms with Crippen molar-refractivity contribution < 1.29 is 18.3 Å². The molecule has 16 heavy (non-hydrogen) atoms. The average Bonchev–Trinajstić information content (AvgIpc) is 2.53. The van der Waals surface area contributed by atoms with E-state index in [4.69, 9.17) is 4.74 Å². The molecular formula is C10H21NO4S. The van der Waals surface area contributed by atoms with Crippen molar-refractivity contribution in [1.29, 1.82) is 0 Å². The van der Waals surface area contributed by atoms with Crippen LogP contribution in [0, 0.1) is 0 Å². The molecule has 0 bridgehead atoms. The van der Waals surface area contributed by atoms with E-state index < -0.39 is 15.4 Å². The Labute approximate surface area is 97.1 Å². The average molecular weight is 251 g/mol. The van der Waals surface area contributed by atoms with Crippen LogP contribution >= 0.6 is 0 Å². The molecule has 0 amide bonds. The summed E-state index contributed by atoms with van der Waals surface area (Å²) >= 11 is 0. The van der Waals surface area contributed by atoms with Gasteiger partial charge in [-0.05, 0) is 13.3 Å². The van der Waals surface area contributed by atoms with Gasteiger partial charge in [-0.2, -0.15) is 0 Å². The minimum Gasteiger partial charge on any atom is -0.389 e. The molecule has 0 radical (unpaired) electrons. The number of hydrogen-bond donors (Lipinski definition) is 2. The summed E-state index contributed by atoms with van der Waals surface area (Å²) in [5, 5.41) is 13.0. The van der Waals surface area contributed by atoms with Gasteiger partial charge in [-0.15, -0.1) is 0 Å². The fourth-order valence-corrected chi connectivity index (χ4v) is 3.44. The van der Waals surface area contributed by atoms with Gasteiger partial charge in [-0.3, -0.25) is 0 Å². The van der Waals surface area contributed by atoms with Crippen molar-refractivity contribution in [2.75, 3.05) is 31.8 Å². The molecule has 0 aromatic heterocycles. The summed E-state index contributed by atoms with van der Waals surface area (Å²) in [5.41, 5.74) is -0.845. The van der Waals surface area contributed by atoms with Gasteiger partial charge >= 0.3 is 0 Å². The van der Waals surface area contributed by atoms with E-state index in [9.17, 15) is 13.5 Å². The second-order valence-electron chi connectivity index (χ2n) is 4.72. The summed E-state index contributed by atoms with van der Waals surface area (Å²) in [6, 6.07) is -0.0148. The second-order valence-corrected chi connectivity index (χ2v) is 6.95. The van der Waals surface area contributed by atoms with E-state index in [1.165, 1.54) is 0 Å². The highest BCUT2D eigenvalue weighted by Gasteiger charge is 2.29. The van der Waals surface area contributed by atoms with Gasteiger partial charge in [-0.1, -0.05) is 0 Å². The van der Waals surface area contributed by atoms with Gasteiger partial charge in [0.05, 0.1) is 17.1 Å². The number of sulfone groups is 1. The number of rotatable bonds is 6. The molecule has 0 aromatic carbocycles. The number of nitrogens with one attached hydrogen (secondary N) is 1. The van der Waals surface area contributed by atoms with Crippen molar-refractivity contribution in [2.45, 2.75) is 31.4 Å². The van der Waals surface area contributed by atoms with Crippen molar-refractivity contribution in [2.24, 2.45) is 0 Å². The number of ether oxygens (including phenoxy) is 1. The topological polar surface area (TPSA) is 75.6 Å². The van der Waals surface area contributed by atoms with E-state index in [0.29, 0.717) is 26.0 Å². The maximum atomic E-state index is 11.2. The first kappa shape index (κ1) is 13.9. The van der Waals surface area contributed by atoms with Crippen LogP contribution in [0.4, 0.5) is 0 Å². The summed E-state index contributed by atoms with van der Waals surface area (Å²) < 4.78 is 27.3. The zero-order valence-electron chi connectivity index (χ0n) is 9.90. The van der Waals surface area contributed by atoms with E-state index in [1.807, 2.05) is 0 Å². The predicted octanol–water partition coefficient (Wildman–Crippen LogP) is -0.449. The normalized spacial score (nSPS) is 27.8. The highest BCUT2D eigenvalue weighted by Crippen LogP contribution is 2.13. The van der Waals surface area contributed by atoms with Gasteiger partial charge in [0.1, 0.15) is 0 Å². The fraction of sp³-hybridized carbons (Fsp3) is 1.00. The highest BCUT2D eigenvalue weighted by molar-refractivity contribution is 7.91. The van der Waals surface area contributed by atoms with Gasteiger partial charge in [-0.25, -0.2) is 8.42 Å². The maximum Gasteiger partial charge on any atom is 0.151 e. The lowest BCUT2D eigenvalue weighted by atomic mass is 10.0. The van der Waals surface area contributed by atoms with Crippen molar-refractivity contribution >= 4 is 9.84 Å². The molecule has 0 aromatic rings. The number of methoxy groups -OCH3 is 1. The lowest BCUT2D eigenvalue weighted by molar-refractivity contribution is 0.0233. The molecule has 1 aliphatic heterocycles. The van der Waals surface area contributed by atoms with E-state index in [0.717, 1.165) is 0 Å². The van der Waals surface area contributed by atoms with Crippen LogP contribution in [0.1, 0.15) is 19.8 Å². The Kier molecular flexibility index (Phi) is 4.73. The molecule has 2 N–H and O–H groups in total. The molecule has 0 saturated carbocycles. The third-order valence-corrected chi connectivity index (χ3v) is 4.62. The lowest BCUT2D eigenvalue weighted by Crippen LogP contribution is -2.43. The first-order chi connectivity index (χ1) is 7.35. The molecule has 0 spiro atoms. The van der Waals surface area contributed by atoms with Crippen molar-refractivity contribution in [3.05, 3.63) is 0 Å². The SMILES string of the molecule is COCCC(C)(O)CNC1CCS(=O)(=O)C1. The van der Waals surface area contributed by atoms with Crippen LogP contribution in [0.25, 0.3) is 0 Å². The van der Waals surface area contributed by atoms with Gasteiger partial charge in [0.2, 0.25) is 0 Å². The predicted molar refractivity (Wildman–Crippen MR) is 62.2 cm³/mol. The molecule has 1 fully saturated rings. The molecule has 2 atom stereocenters. The van der Waals surface area contributed by atoms with Crippen LogP contribution in [0.2, 0.25) is 0 Å². The second kappa shape index (κ2) is 5.44. The first-order valence-corrected chi connectivity index (χ1v) is 7.32. The summed E-state index contributed by atoms with van der Waals surface area (Å²) in [6.07, 6.45) is 1.18. The molecule has 6 heteroatoms. The molecule has 2 unspecified atom stereocenters. The summed E-state index contributed by atoms with van der Waals surface area (Å²) in [6.45, 7) is 2.62. The maximum absolute atomic E-state index is 11.2. The van der Waals surface area contributed by atoms with E-state index in [2.05, 4.69) is 5.32 Å². The molecule has 1 saturated heterocycles. The smallest absolute Gasteiger partial charge is 0.151 e. The minimum absolute atomic E-state index is 0.0148. The molecule has 5 nitrogen and oxygen atoms in total. The monoisotopic (exact) mass is 251 g/mol. The van der Waals surface area contributed by atoms with Crippen molar-refractivity contribution in [3.63, 3.8) is 0 Å². The van der Waals surface area contributed by atoms with Gasteiger partial charge < -0.3 is 15.2 Å². The minimum atomic E-state index is -2.85. The van der Waals surface area contributed by atoms with E-state index in [1.54, 1.807) is 14.0 Å². The fourth-order valence-electron chi connectivity index (χ4n) is 1.73. The largest absolute Gasteiger partial charge is 0.389 e. The van der Waals surface area contributed by atoms with Crippen LogP contribution in [0.5, 0.6) is 0 Å². The zero-order chi connectivity index (χ0) is 12.2. The Hall–Kier alpha value is -0.170. The van der Waals surface area contributed by atoms with E-state index >= 15 is 0 Å².